The van der Waals surface area contributed by atoms with Crippen LogP contribution in [0.1, 0.15) is 18.4 Å². The molecule has 4 heteroatoms. The van der Waals surface area contributed by atoms with Crippen LogP contribution in [-0.2, 0) is 0 Å². The first kappa shape index (κ1) is 9.66. The van der Waals surface area contributed by atoms with Crippen LogP contribution < -0.4 is 16.2 Å². The molecule has 0 saturated heterocycles. The van der Waals surface area contributed by atoms with Gasteiger partial charge < -0.3 is 16.2 Å². The fourth-order valence-electron chi connectivity index (χ4n) is 1.31. The monoisotopic (exact) mass is 203 g/mol. The van der Waals surface area contributed by atoms with Gasteiger partial charge in [-0.05, 0) is 24.8 Å². The average Bonchev–Trinajstić information content (AvgIpc) is 3.03. The Morgan fingerprint density at radius 1 is 1.33 bits per heavy atom. The van der Waals surface area contributed by atoms with Gasteiger partial charge in [-0.25, -0.2) is 0 Å². The highest BCUT2D eigenvalue weighted by atomic mass is 16.5. The van der Waals surface area contributed by atoms with E-state index in [1.807, 2.05) is 6.07 Å². The third kappa shape index (κ3) is 2.13. The molecular formula is C11H13N3O. The quantitative estimate of drug-likeness (QED) is 0.729. The van der Waals surface area contributed by atoms with Gasteiger partial charge in [0.25, 0.3) is 0 Å². The van der Waals surface area contributed by atoms with Crippen LogP contribution in [0.2, 0.25) is 0 Å². The smallest absolute Gasteiger partial charge is 0.139 e. The third-order valence-corrected chi connectivity index (χ3v) is 2.48. The molecule has 1 aliphatic carbocycles. The lowest BCUT2D eigenvalue weighted by molar-refractivity contribution is 0.299. The van der Waals surface area contributed by atoms with Crippen LogP contribution in [-0.4, -0.2) is 6.61 Å². The van der Waals surface area contributed by atoms with Crippen molar-refractivity contribution in [2.75, 3.05) is 18.1 Å². The Balaban J connectivity index is 2.19. The van der Waals surface area contributed by atoms with Crippen molar-refractivity contribution in [1.29, 1.82) is 5.26 Å². The van der Waals surface area contributed by atoms with Crippen LogP contribution in [0.25, 0.3) is 0 Å². The summed E-state index contributed by atoms with van der Waals surface area (Å²) in [5, 5.41) is 8.89. The average molecular weight is 203 g/mol. The standard InChI is InChI=1S/C11H13N3O/c12-5-8-3-9(13)10(14)4-11(8)15-6-7-1-2-7/h3-4,7H,1-2,6,13-14H2. The largest absolute Gasteiger partial charge is 0.492 e. The van der Waals surface area contributed by atoms with Crippen molar-refractivity contribution in [3.63, 3.8) is 0 Å². The van der Waals surface area contributed by atoms with Gasteiger partial charge in [0.15, 0.2) is 0 Å². The van der Waals surface area contributed by atoms with Gasteiger partial charge in [0, 0.05) is 6.07 Å². The maximum Gasteiger partial charge on any atom is 0.139 e. The van der Waals surface area contributed by atoms with Crippen molar-refractivity contribution in [2.45, 2.75) is 12.8 Å². The summed E-state index contributed by atoms with van der Waals surface area (Å²) in [6.45, 7) is 0.665. The molecule has 15 heavy (non-hydrogen) atoms. The highest BCUT2D eigenvalue weighted by molar-refractivity contribution is 5.69. The normalized spacial score (nSPS) is 14.6. The minimum Gasteiger partial charge on any atom is -0.492 e. The van der Waals surface area contributed by atoms with E-state index in [2.05, 4.69) is 0 Å². The molecule has 1 saturated carbocycles. The fraction of sp³-hybridized carbons (Fsp3) is 0.364. The number of ether oxygens (including phenoxy) is 1. The summed E-state index contributed by atoms with van der Waals surface area (Å²) in [6, 6.07) is 5.22. The van der Waals surface area contributed by atoms with Crippen molar-refractivity contribution >= 4 is 11.4 Å². The summed E-state index contributed by atoms with van der Waals surface area (Å²) in [6.07, 6.45) is 2.43. The molecule has 0 bridgehead atoms. The van der Waals surface area contributed by atoms with Crippen molar-refractivity contribution in [1.82, 2.24) is 0 Å². The van der Waals surface area contributed by atoms with E-state index in [1.54, 1.807) is 12.1 Å². The number of hydrogen-bond acceptors (Lipinski definition) is 4. The first-order valence-electron chi connectivity index (χ1n) is 4.92. The van der Waals surface area contributed by atoms with Gasteiger partial charge in [-0.1, -0.05) is 0 Å². The molecule has 0 spiro atoms. The Morgan fingerprint density at radius 3 is 2.60 bits per heavy atom. The second-order valence-corrected chi connectivity index (χ2v) is 3.84. The Labute approximate surface area is 88.4 Å². The van der Waals surface area contributed by atoms with Gasteiger partial charge in [0.2, 0.25) is 0 Å². The summed E-state index contributed by atoms with van der Waals surface area (Å²) in [4.78, 5) is 0. The van der Waals surface area contributed by atoms with E-state index in [4.69, 9.17) is 21.5 Å². The molecule has 0 aromatic heterocycles. The molecule has 2 rings (SSSR count). The van der Waals surface area contributed by atoms with E-state index in [0.717, 1.165) is 0 Å². The van der Waals surface area contributed by atoms with Crippen molar-refractivity contribution in [3.8, 4) is 11.8 Å². The van der Waals surface area contributed by atoms with E-state index in [1.165, 1.54) is 12.8 Å². The second-order valence-electron chi connectivity index (χ2n) is 3.84. The molecular weight excluding hydrogens is 190 g/mol. The minimum atomic E-state index is 0.422. The fourth-order valence-corrected chi connectivity index (χ4v) is 1.31. The second kappa shape index (κ2) is 3.70. The Bertz CT molecular complexity index is 419. The number of nitriles is 1. The lowest BCUT2D eigenvalue weighted by Gasteiger charge is -2.09. The lowest BCUT2D eigenvalue weighted by Crippen LogP contribution is -2.03. The lowest BCUT2D eigenvalue weighted by atomic mass is 10.1. The first-order chi connectivity index (χ1) is 7.20. The van der Waals surface area contributed by atoms with E-state index >= 15 is 0 Å². The molecule has 0 radical (unpaired) electrons. The number of hydrogen-bond donors (Lipinski definition) is 2. The van der Waals surface area contributed by atoms with E-state index in [0.29, 0.717) is 35.2 Å². The predicted octanol–water partition coefficient (Wildman–Crippen LogP) is 1.51. The Hall–Kier alpha value is -1.89. The minimum absolute atomic E-state index is 0.422. The number of anilines is 2. The summed E-state index contributed by atoms with van der Waals surface area (Å²) in [7, 11) is 0. The number of rotatable bonds is 3. The van der Waals surface area contributed by atoms with Crippen LogP contribution in [0.15, 0.2) is 12.1 Å². The molecule has 1 fully saturated rings. The molecule has 0 atom stereocenters. The van der Waals surface area contributed by atoms with Crippen LogP contribution in [0.3, 0.4) is 0 Å². The van der Waals surface area contributed by atoms with Crippen LogP contribution in [0.5, 0.6) is 5.75 Å². The zero-order chi connectivity index (χ0) is 10.8. The van der Waals surface area contributed by atoms with Gasteiger partial charge >= 0.3 is 0 Å². The first-order valence-corrected chi connectivity index (χ1v) is 4.92. The number of nitrogen functional groups attached to an aromatic ring is 2. The van der Waals surface area contributed by atoms with Gasteiger partial charge in [-0.15, -0.1) is 0 Å². The number of nitrogens with zero attached hydrogens (tertiary/aromatic N) is 1. The van der Waals surface area contributed by atoms with E-state index in [9.17, 15) is 0 Å². The van der Waals surface area contributed by atoms with Gasteiger partial charge in [-0.2, -0.15) is 5.26 Å². The zero-order valence-electron chi connectivity index (χ0n) is 8.36. The molecule has 78 valence electrons. The summed E-state index contributed by atoms with van der Waals surface area (Å²) >= 11 is 0. The zero-order valence-corrected chi connectivity index (χ0v) is 8.36. The molecule has 0 heterocycles. The molecule has 1 aromatic rings. The number of nitrogens with two attached hydrogens (primary N) is 2. The topological polar surface area (TPSA) is 85.1 Å². The molecule has 0 unspecified atom stereocenters. The third-order valence-electron chi connectivity index (χ3n) is 2.48. The highest BCUT2D eigenvalue weighted by Gasteiger charge is 2.22. The van der Waals surface area contributed by atoms with Crippen molar-refractivity contribution in [2.24, 2.45) is 5.92 Å². The number of benzene rings is 1. The summed E-state index contributed by atoms with van der Waals surface area (Å²) < 4.78 is 5.53. The van der Waals surface area contributed by atoms with Gasteiger partial charge in [0.1, 0.15) is 11.8 Å². The molecule has 0 aliphatic heterocycles. The predicted molar refractivity (Wildman–Crippen MR) is 58.2 cm³/mol. The summed E-state index contributed by atoms with van der Waals surface area (Å²) in [5.74, 6) is 1.19. The van der Waals surface area contributed by atoms with E-state index in [-0.39, 0.29) is 0 Å². The Morgan fingerprint density at radius 2 is 2.00 bits per heavy atom. The molecule has 4 N–H and O–H groups in total. The highest BCUT2D eigenvalue weighted by Crippen LogP contribution is 2.32. The summed E-state index contributed by atoms with van der Waals surface area (Å²) in [5.41, 5.74) is 12.6. The Kier molecular flexibility index (Phi) is 2.38. The van der Waals surface area contributed by atoms with Gasteiger partial charge in [-0.3, -0.25) is 0 Å². The maximum absolute atomic E-state index is 8.89. The molecule has 4 nitrogen and oxygen atoms in total. The SMILES string of the molecule is N#Cc1cc(N)c(N)cc1OCC1CC1. The van der Waals surface area contributed by atoms with E-state index < -0.39 is 0 Å². The molecule has 0 amide bonds. The van der Waals surface area contributed by atoms with Gasteiger partial charge in [0.05, 0.1) is 23.5 Å². The van der Waals surface area contributed by atoms with Crippen LogP contribution in [0, 0.1) is 17.2 Å². The van der Waals surface area contributed by atoms with Crippen LogP contribution in [0.4, 0.5) is 11.4 Å². The van der Waals surface area contributed by atoms with Crippen molar-refractivity contribution < 1.29 is 4.74 Å². The maximum atomic E-state index is 8.89. The van der Waals surface area contributed by atoms with Crippen LogP contribution >= 0.6 is 0 Å². The molecule has 1 aromatic carbocycles. The van der Waals surface area contributed by atoms with Crippen molar-refractivity contribution in [3.05, 3.63) is 17.7 Å². The molecule has 1 aliphatic rings.